The first-order valence-corrected chi connectivity index (χ1v) is 8.91. The summed E-state index contributed by atoms with van der Waals surface area (Å²) in [4.78, 5) is 12.0. The highest BCUT2D eigenvalue weighted by Gasteiger charge is 2.68. The third-order valence-corrected chi connectivity index (χ3v) is 6.86. The zero-order valence-corrected chi connectivity index (χ0v) is 15.5. The van der Waals surface area contributed by atoms with Crippen molar-refractivity contribution in [3.05, 3.63) is 23.8 Å². The molecule has 134 valence electrons. The number of benzene rings is 1. The molecule has 4 fully saturated rings. The number of ether oxygens (including phenoxy) is 2. The summed E-state index contributed by atoms with van der Waals surface area (Å²) < 4.78 is 23.2. The Morgan fingerprint density at radius 2 is 2.00 bits per heavy atom. The first-order valence-electron chi connectivity index (χ1n) is 8.91. The highest BCUT2D eigenvalue weighted by molar-refractivity contribution is 6.63. The second-order valence-corrected chi connectivity index (χ2v) is 8.22. The van der Waals surface area contributed by atoms with E-state index in [1.165, 1.54) is 13.5 Å². The number of carbonyl (C=O) groups is 1. The molecule has 2 bridgehead atoms. The summed E-state index contributed by atoms with van der Waals surface area (Å²) >= 11 is 0. The summed E-state index contributed by atoms with van der Waals surface area (Å²) in [7, 11) is 2.39. The molecule has 5 nitrogen and oxygen atoms in total. The summed E-state index contributed by atoms with van der Waals surface area (Å²) in [5, 5.41) is 0. The summed E-state index contributed by atoms with van der Waals surface area (Å²) in [6.45, 7) is 6.85. The molecule has 1 aromatic carbocycles. The van der Waals surface area contributed by atoms with Gasteiger partial charge in [0, 0.05) is 5.46 Å². The molecule has 0 amide bonds. The normalized spacial score (nSPS) is 34.9. The van der Waals surface area contributed by atoms with Crippen LogP contribution in [0.4, 0.5) is 0 Å². The van der Waals surface area contributed by atoms with Crippen molar-refractivity contribution in [1.29, 1.82) is 0 Å². The van der Waals surface area contributed by atoms with E-state index in [-0.39, 0.29) is 11.7 Å². The van der Waals surface area contributed by atoms with E-state index in [0.717, 1.165) is 11.9 Å². The van der Waals surface area contributed by atoms with Crippen LogP contribution in [-0.2, 0) is 14.0 Å². The van der Waals surface area contributed by atoms with Crippen LogP contribution in [0, 0.1) is 17.3 Å². The van der Waals surface area contributed by atoms with Gasteiger partial charge in [0.05, 0.1) is 25.9 Å². The standard InChI is InChI=1S/C19H25BO5/c1-18(2)11-9-14(18)19(3)15(10-11)24-20(25-19)13-8-6-7-12(16(13)22-4)17(21)23-5/h6-8,11,14-15H,9-10H2,1-5H3/t11-,14-,15+,19-/m0/s1. The molecule has 1 aromatic rings. The van der Waals surface area contributed by atoms with Crippen LogP contribution in [0.3, 0.4) is 0 Å². The van der Waals surface area contributed by atoms with Crippen molar-refractivity contribution >= 4 is 18.6 Å². The van der Waals surface area contributed by atoms with E-state index in [0.29, 0.717) is 28.6 Å². The Bertz CT molecular complexity index is 718. The zero-order chi connectivity index (χ0) is 18.0. The van der Waals surface area contributed by atoms with Crippen molar-refractivity contribution in [3.8, 4) is 5.75 Å². The molecule has 4 atom stereocenters. The third kappa shape index (κ3) is 2.20. The minimum Gasteiger partial charge on any atom is -0.496 e. The van der Waals surface area contributed by atoms with Gasteiger partial charge >= 0.3 is 13.1 Å². The maximum atomic E-state index is 12.0. The maximum Gasteiger partial charge on any atom is 0.498 e. The highest BCUT2D eigenvalue weighted by Crippen LogP contribution is 2.65. The molecule has 0 spiro atoms. The third-order valence-electron chi connectivity index (χ3n) is 6.86. The van der Waals surface area contributed by atoms with Gasteiger partial charge < -0.3 is 18.8 Å². The second-order valence-electron chi connectivity index (χ2n) is 8.22. The largest absolute Gasteiger partial charge is 0.498 e. The SMILES string of the molecule is COC(=O)c1cccc(B2O[C@@H]3C[C@@H]4C[C@@H](C4(C)C)[C@]3(C)O2)c1OC. The van der Waals surface area contributed by atoms with Gasteiger partial charge in [-0.1, -0.05) is 26.0 Å². The molecule has 1 saturated heterocycles. The number of hydrogen-bond acceptors (Lipinski definition) is 5. The molecule has 0 N–H and O–H groups in total. The molecular weight excluding hydrogens is 319 g/mol. The Morgan fingerprint density at radius 3 is 2.64 bits per heavy atom. The minimum atomic E-state index is -0.523. The van der Waals surface area contributed by atoms with E-state index in [2.05, 4.69) is 20.8 Å². The van der Waals surface area contributed by atoms with Crippen LogP contribution < -0.4 is 10.2 Å². The van der Waals surface area contributed by atoms with Crippen LogP contribution in [0.5, 0.6) is 5.75 Å². The smallest absolute Gasteiger partial charge is 0.496 e. The predicted octanol–water partition coefficient (Wildman–Crippen LogP) is 2.42. The van der Waals surface area contributed by atoms with Gasteiger partial charge in [0.1, 0.15) is 11.3 Å². The fraction of sp³-hybridized carbons (Fsp3) is 0.632. The van der Waals surface area contributed by atoms with Gasteiger partial charge in [-0.15, -0.1) is 0 Å². The maximum absolute atomic E-state index is 12.0. The Balaban J connectivity index is 1.68. The average molecular weight is 344 g/mol. The lowest BCUT2D eigenvalue weighted by Crippen LogP contribution is -2.65. The molecule has 6 heteroatoms. The molecule has 1 aliphatic heterocycles. The van der Waals surface area contributed by atoms with Gasteiger partial charge in [0.15, 0.2) is 0 Å². The molecular formula is C19H25BO5. The van der Waals surface area contributed by atoms with Gasteiger partial charge in [-0.25, -0.2) is 4.79 Å². The first kappa shape index (κ1) is 16.9. The monoisotopic (exact) mass is 344 g/mol. The highest BCUT2D eigenvalue weighted by atomic mass is 16.7. The van der Waals surface area contributed by atoms with Crippen LogP contribution in [0.15, 0.2) is 18.2 Å². The minimum absolute atomic E-state index is 0.0840. The molecule has 4 aliphatic rings. The lowest BCUT2D eigenvalue weighted by atomic mass is 9.43. The lowest BCUT2D eigenvalue weighted by Gasteiger charge is -2.64. The first-order chi connectivity index (χ1) is 11.8. The van der Waals surface area contributed by atoms with Crippen molar-refractivity contribution in [2.75, 3.05) is 14.2 Å². The van der Waals surface area contributed by atoms with E-state index >= 15 is 0 Å². The Hall–Kier alpha value is -1.53. The van der Waals surface area contributed by atoms with Gasteiger partial charge in [-0.2, -0.15) is 0 Å². The van der Waals surface area contributed by atoms with Crippen molar-refractivity contribution in [2.24, 2.45) is 17.3 Å². The summed E-state index contributed by atoms with van der Waals surface area (Å²) in [5.41, 5.74) is 1.13. The zero-order valence-electron chi connectivity index (χ0n) is 15.5. The molecule has 25 heavy (non-hydrogen) atoms. The number of para-hydroxylation sites is 1. The van der Waals surface area contributed by atoms with E-state index in [1.807, 2.05) is 12.1 Å². The van der Waals surface area contributed by atoms with Crippen molar-refractivity contribution in [3.63, 3.8) is 0 Å². The number of hydrogen-bond donors (Lipinski definition) is 0. The van der Waals surface area contributed by atoms with Gasteiger partial charge in [0.2, 0.25) is 0 Å². The Kier molecular flexibility index (Phi) is 3.71. The number of carbonyl (C=O) groups excluding carboxylic acids is 1. The van der Waals surface area contributed by atoms with Crippen molar-refractivity contribution < 1.29 is 23.6 Å². The summed E-state index contributed by atoms with van der Waals surface area (Å²) in [5.74, 6) is 1.22. The molecule has 1 heterocycles. The Labute approximate surface area is 149 Å². The van der Waals surface area contributed by atoms with Crippen LogP contribution in [-0.4, -0.2) is 39.0 Å². The van der Waals surface area contributed by atoms with Gasteiger partial charge in [0.25, 0.3) is 0 Å². The van der Waals surface area contributed by atoms with Crippen LogP contribution in [0.2, 0.25) is 0 Å². The molecule has 0 aromatic heterocycles. The Morgan fingerprint density at radius 1 is 1.24 bits per heavy atom. The number of methoxy groups -OCH3 is 2. The van der Waals surface area contributed by atoms with Crippen LogP contribution in [0.25, 0.3) is 0 Å². The van der Waals surface area contributed by atoms with E-state index in [1.54, 1.807) is 13.2 Å². The van der Waals surface area contributed by atoms with Crippen molar-refractivity contribution in [2.45, 2.75) is 45.3 Å². The molecule has 0 unspecified atom stereocenters. The van der Waals surface area contributed by atoms with E-state index < -0.39 is 13.1 Å². The van der Waals surface area contributed by atoms with E-state index in [4.69, 9.17) is 18.8 Å². The topological polar surface area (TPSA) is 54.0 Å². The average Bonchev–Trinajstić information content (AvgIpc) is 2.96. The van der Waals surface area contributed by atoms with Gasteiger partial charge in [-0.3, -0.25) is 0 Å². The molecule has 3 saturated carbocycles. The number of esters is 1. The lowest BCUT2D eigenvalue weighted by molar-refractivity contribution is -0.199. The van der Waals surface area contributed by atoms with Crippen LogP contribution in [0.1, 0.15) is 44.0 Å². The van der Waals surface area contributed by atoms with E-state index in [9.17, 15) is 4.79 Å². The summed E-state index contributed by atoms with van der Waals surface area (Å²) in [6, 6.07) is 5.40. The molecule has 3 aliphatic carbocycles. The number of rotatable bonds is 3. The quantitative estimate of drug-likeness (QED) is 0.623. The predicted molar refractivity (Wildman–Crippen MR) is 94.1 cm³/mol. The van der Waals surface area contributed by atoms with Crippen molar-refractivity contribution in [1.82, 2.24) is 0 Å². The second kappa shape index (κ2) is 5.48. The van der Waals surface area contributed by atoms with Gasteiger partial charge in [-0.05, 0) is 43.1 Å². The summed E-state index contributed by atoms with van der Waals surface area (Å²) in [6.07, 6.45) is 2.31. The van der Waals surface area contributed by atoms with Crippen LogP contribution >= 0.6 is 0 Å². The fourth-order valence-electron chi connectivity index (χ4n) is 5.24. The fourth-order valence-corrected chi connectivity index (χ4v) is 5.24. The molecule has 5 rings (SSSR count). The molecule has 0 radical (unpaired) electrons.